The Morgan fingerprint density at radius 2 is 1.86 bits per heavy atom. The summed E-state index contributed by atoms with van der Waals surface area (Å²) in [6.45, 7) is 0. The number of ether oxygens (including phenoxy) is 1. The van der Waals surface area contributed by atoms with E-state index in [4.69, 9.17) is 4.74 Å². The largest absolute Gasteiger partial charge is 0.471 e. The Labute approximate surface area is 157 Å². The number of rotatable bonds is 6. The molecular weight excluding hydrogens is 401 g/mol. The van der Waals surface area contributed by atoms with Crippen LogP contribution in [0.2, 0.25) is 0 Å². The predicted octanol–water partition coefficient (Wildman–Crippen LogP) is 2.77. The first-order chi connectivity index (χ1) is 13.2. The molecule has 1 N–H and O–H groups in total. The maximum Gasteiger partial charge on any atom is 0.471 e. The van der Waals surface area contributed by atoms with Gasteiger partial charge in [-0.15, -0.1) is 0 Å². The molecule has 1 atom stereocenters. The second-order valence-corrected chi connectivity index (χ2v) is 7.16. The second-order valence-electron chi connectivity index (χ2n) is 5.44. The minimum atomic E-state index is -4.75. The normalized spacial score (nSPS) is 13.4. The molecule has 0 fully saturated rings. The lowest BCUT2D eigenvalue weighted by atomic mass is 10.2. The summed E-state index contributed by atoms with van der Waals surface area (Å²) in [7, 11) is -2.59. The molecule has 0 amide bonds. The molecular formula is C16H13F3N4O4S. The molecule has 2 aromatic heterocycles. The van der Waals surface area contributed by atoms with E-state index in [0.717, 1.165) is 0 Å². The molecule has 1 aromatic carbocycles. The van der Waals surface area contributed by atoms with E-state index in [2.05, 4.69) is 24.4 Å². The van der Waals surface area contributed by atoms with Crippen LogP contribution in [0.1, 0.15) is 17.8 Å². The molecule has 0 radical (unpaired) electrons. The van der Waals surface area contributed by atoms with Crippen LogP contribution in [0.4, 0.5) is 13.2 Å². The van der Waals surface area contributed by atoms with Gasteiger partial charge in [0.05, 0.1) is 10.6 Å². The van der Waals surface area contributed by atoms with E-state index >= 15 is 0 Å². The number of benzene rings is 1. The quantitative estimate of drug-likeness (QED) is 0.618. The van der Waals surface area contributed by atoms with E-state index in [1.54, 1.807) is 18.2 Å². The molecule has 0 aliphatic rings. The van der Waals surface area contributed by atoms with Crippen molar-refractivity contribution in [2.75, 3.05) is 7.11 Å². The van der Waals surface area contributed by atoms with Gasteiger partial charge < -0.3 is 9.26 Å². The standard InChI is InChI=1S/C16H13F3N4O4S/c1-26-14(23-28(24,25)11-5-3-2-4-6-11)12-8-7-10(9-20-12)13-21-15(27-22-13)16(17,18)19/h2-9,14,23H,1H3. The van der Waals surface area contributed by atoms with Crippen LogP contribution in [-0.4, -0.2) is 30.7 Å². The summed E-state index contributed by atoms with van der Waals surface area (Å²) in [5.41, 5.74) is 0.342. The second kappa shape index (κ2) is 7.66. The van der Waals surface area contributed by atoms with E-state index in [1.165, 1.54) is 37.6 Å². The van der Waals surface area contributed by atoms with Crippen molar-refractivity contribution in [3.8, 4) is 11.4 Å². The summed E-state index contributed by atoms with van der Waals surface area (Å²) in [5, 5.41) is 3.26. The first kappa shape index (κ1) is 19.9. The van der Waals surface area contributed by atoms with Crippen molar-refractivity contribution in [3.05, 3.63) is 60.2 Å². The smallest absolute Gasteiger partial charge is 0.360 e. The maximum absolute atomic E-state index is 12.5. The van der Waals surface area contributed by atoms with Gasteiger partial charge in [0.1, 0.15) is 0 Å². The minimum absolute atomic E-state index is 0.0418. The van der Waals surface area contributed by atoms with Gasteiger partial charge in [0, 0.05) is 18.9 Å². The topological polar surface area (TPSA) is 107 Å². The first-order valence-electron chi connectivity index (χ1n) is 7.68. The molecule has 0 aliphatic heterocycles. The Bertz CT molecular complexity index is 1040. The molecule has 8 nitrogen and oxygen atoms in total. The van der Waals surface area contributed by atoms with E-state index in [1.807, 2.05) is 0 Å². The highest BCUT2D eigenvalue weighted by atomic mass is 32.2. The highest BCUT2D eigenvalue weighted by Gasteiger charge is 2.38. The van der Waals surface area contributed by atoms with Gasteiger partial charge in [-0.05, 0) is 24.3 Å². The summed E-state index contributed by atoms with van der Waals surface area (Å²) < 4.78 is 74.1. The Balaban J connectivity index is 1.80. The number of sulfonamides is 1. The molecule has 0 aliphatic carbocycles. The zero-order chi connectivity index (χ0) is 20.4. The van der Waals surface area contributed by atoms with Gasteiger partial charge in [0.2, 0.25) is 15.8 Å². The van der Waals surface area contributed by atoms with Crippen LogP contribution in [0.25, 0.3) is 11.4 Å². The molecule has 0 saturated heterocycles. The lowest BCUT2D eigenvalue weighted by molar-refractivity contribution is -0.159. The van der Waals surface area contributed by atoms with Crippen molar-refractivity contribution >= 4 is 10.0 Å². The van der Waals surface area contributed by atoms with Gasteiger partial charge in [-0.3, -0.25) is 4.98 Å². The molecule has 0 saturated carbocycles. The number of methoxy groups -OCH3 is 1. The third-order valence-electron chi connectivity index (χ3n) is 3.53. The molecule has 2 heterocycles. The molecule has 3 aromatic rings. The molecule has 28 heavy (non-hydrogen) atoms. The van der Waals surface area contributed by atoms with E-state index in [0.29, 0.717) is 0 Å². The van der Waals surface area contributed by atoms with Gasteiger partial charge >= 0.3 is 12.1 Å². The maximum atomic E-state index is 12.5. The molecule has 0 spiro atoms. The van der Waals surface area contributed by atoms with Crippen LogP contribution in [0, 0.1) is 0 Å². The van der Waals surface area contributed by atoms with Crippen LogP contribution < -0.4 is 4.72 Å². The summed E-state index contributed by atoms with van der Waals surface area (Å²) in [5.74, 6) is -1.78. The van der Waals surface area contributed by atoms with E-state index in [9.17, 15) is 21.6 Å². The van der Waals surface area contributed by atoms with Gasteiger partial charge in [-0.2, -0.15) is 22.9 Å². The zero-order valence-electron chi connectivity index (χ0n) is 14.2. The third kappa shape index (κ3) is 4.35. The third-order valence-corrected chi connectivity index (χ3v) is 4.95. The lowest BCUT2D eigenvalue weighted by Crippen LogP contribution is -2.30. The fraction of sp³-hybridized carbons (Fsp3) is 0.188. The monoisotopic (exact) mass is 414 g/mol. The molecule has 148 valence electrons. The number of hydrogen-bond donors (Lipinski definition) is 1. The number of alkyl halides is 3. The van der Waals surface area contributed by atoms with Crippen molar-refractivity contribution in [3.63, 3.8) is 0 Å². The van der Waals surface area contributed by atoms with Gasteiger partial charge in [-0.1, -0.05) is 23.4 Å². The summed E-state index contributed by atoms with van der Waals surface area (Å²) in [4.78, 5) is 7.32. The number of hydrogen-bond acceptors (Lipinski definition) is 7. The average Bonchev–Trinajstić information content (AvgIpc) is 3.18. The minimum Gasteiger partial charge on any atom is -0.360 e. The molecule has 3 rings (SSSR count). The van der Waals surface area contributed by atoms with Crippen LogP contribution >= 0.6 is 0 Å². The van der Waals surface area contributed by atoms with Gasteiger partial charge in [-0.25, -0.2) is 8.42 Å². The van der Waals surface area contributed by atoms with Crippen LogP contribution in [0.5, 0.6) is 0 Å². The Morgan fingerprint density at radius 1 is 1.14 bits per heavy atom. The van der Waals surface area contributed by atoms with E-state index in [-0.39, 0.29) is 22.0 Å². The van der Waals surface area contributed by atoms with Crippen molar-refractivity contribution < 1.29 is 30.8 Å². The zero-order valence-corrected chi connectivity index (χ0v) is 15.0. The van der Waals surface area contributed by atoms with Crippen molar-refractivity contribution in [1.82, 2.24) is 19.8 Å². The molecule has 0 bridgehead atoms. The summed E-state index contributed by atoms with van der Waals surface area (Å²) in [6, 6.07) is 10.4. The van der Waals surface area contributed by atoms with E-state index < -0.39 is 28.3 Å². The fourth-order valence-corrected chi connectivity index (χ4v) is 3.34. The lowest BCUT2D eigenvalue weighted by Gasteiger charge is -2.17. The summed E-state index contributed by atoms with van der Waals surface area (Å²) >= 11 is 0. The SMILES string of the molecule is COC(NS(=O)(=O)c1ccccc1)c1ccc(-c2noc(C(F)(F)F)n2)cn1. The number of halogens is 3. The Hall–Kier alpha value is -2.83. The number of aromatic nitrogens is 3. The molecule has 1 unspecified atom stereocenters. The van der Waals surface area contributed by atoms with Gasteiger partial charge in [0.15, 0.2) is 6.23 Å². The van der Waals surface area contributed by atoms with Crippen molar-refractivity contribution in [1.29, 1.82) is 0 Å². The Kier molecular flexibility index (Phi) is 5.45. The highest BCUT2D eigenvalue weighted by molar-refractivity contribution is 7.89. The van der Waals surface area contributed by atoms with Crippen molar-refractivity contribution in [2.45, 2.75) is 17.3 Å². The predicted molar refractivity (Wildman–Crippen MR) is 89.0 cm³/mol. The fourth-order valence-electron chi connectivity index (χ4n) is 2.19. The number of pyridine rings is 1. The van der Waals surface area contributed by atoms with Crippen LogP contribution in [-0.2, 0) is 20.9 Å². The highest BCUT2D eigenvalue weighted by Crippen LogP contribution is 2.29. The Morgan fingerprint density at radius 3 is 2.39 bits per heavy atom. The average molecular weight is 414 g/mol. The number of nitrogens with one attached hydrogen (secondary N) is 1. The number of nitrogens with zero attached hydrogens (tertiary/aromatic N) is 3. The van der Waals surface area contributed by atoms with Crippen molar-refractivity contribution in [2.24, 2.45) is 0 Å². The molecule has 12 heteroatoms. The first-order valence-corrected chi connectivity index (χ1v) is 9.16. The van der Waals surface area contributed by atoms with Crippen LogP contribution in [0.15, 0.2) is 58.1 Å². The summed E-state index contributed by atoms with van der Waals surface area (Å²) in [6.07, 6.45) is -4.69. The van der Waals surface area contributed by atoms with Gasteiger partial charge in [0.25, 0.3) is 0 Å². The van der Waals surface area contributed by atoms with Crippen LogP contribution in [0.3, 0.4) is 0 Å².